The van der Waals surface area contributed by atoms with Crippen molar-refractivity contribution in [2.75, 3.05) is 23.7 Å². The number of urea groups is 1. The van der Waals surface area contributed by atoms with Crippen molar-refractivity contribution >= 4 is 28.4 Å². The summed E-state index contributed by atoms with van der Waals surface area (Å²) in [4.78, 5) is 12.6. The number of nitrogens with zero attached hydrogens (tertiary/aromatic N) is 1. The number of amides is 2. The Hall–Kier alpha value is -2.39. The summed E-state index contributed by atoms with van der Waals surface area (Å²) in [6.07, 6.45) is -2.34. The number of benzene rings is 2. The minimum Gasteiger partial charge on any atom is -0.308 e. The van der Waals surface area contributed by atoms with Crippen LogP contribution in [0.1, 0.15) is 18.4 Å². The summed E-state index contributed by atoms with van der Waals surface area (Å²) in [6.45, 7) is 1.62. The third-order valence-electron chi connectivity index (χ3n) is 4.08. The molecule has 1 saturated heterocycles. The number of carbonyl (C=O) groups excluding carboxylic acids is 1. The lowest BCUT2D eigenvalue weighted by Gasteiger charge is -2.14. The third kappa shape index (κ3) is 5.08. The van der Waals surface area contributed by atoms with E-state index < -0.39 is 28.8 Å². The molecule has 9 heteroatoms. The molecule has 27 heavy (non-hydrogen) atoms. The van der Waals surface area contributed by atoms with Gasteiger partial charge in [-0.3, -0.25) is 0 Å². The van der Waals surface area contributed by atoms with E-state index in [-0.39, 0.29) is 5.69 Å². The molecule has 0 bridgehead atoms. The fourth-order valence-corrected chi connectivity index (χ4v) is 3.95. The number of hydrogen-bond acceptors (Lipinski definition) is 2. The molecular weight excluding hydrogens is 379 g/mol. The van der Waals surface area contributed by atoms with E-state index in [1.807, 2.05) is 4.31 Å². The standard InChI is InChI=1S/C18H18F3N3O2S/c19-18(20,21)13-3-5-14(6-4-13)22-17(25)23-15-7-9-16(10-8-15)27(26)24-11-1-2-12-24/h3-10H,1-2,11-12H2,(H2,22,23,25). The number of halogens is 3. The van der Waals surface area contributed by atoms with E-state index in [9.17, 15) is 22.2 Å². The molecule has 0 saturated carbocycles. The molecule has 0 spiro atoms. The Labute approximate surface area is 157 Å². The number of anilines is 2. The molecule has 1 aliphatic rings. The molecule has 1 aliphatic heterocycles. The highest BCUT2D eigenvalue weighted by atomic mass is 32.2. The minimum atomic E-state index is -4.42. The maximum atomic E-state index is 12.5. The van der Waals surface area contributed by atoms with Gasteiger partial charge in [0.25, 0.3) is 0 Å². The van der Waals surface area contributed by atoms with Gasteiger partial charge in [0.15, 0.2) is 0 Å². The second-order valence-corrected chi connectivity index (χ2v) is 7.55. The van der Waals surface area contributed by atoms with Crippen molar-refractivity contribution in [1.29, 1.82) is 0 Å². The number of hydrogen-bond donors (Lipinski definition) is 2. The summed E-state index contributed by atoms with van der Waals surface area (Å²) in [5, 5.41) is 5.05. The predicted molar refractivity (Wildman–Crippen MR) is 97.7 cm³/mol. The van der Waals surface area contributed by atoms with Crippen LogP contribution in [0, 0.1) is 0 Å². The Morgan fingerprint density at radius 1 is 0.889 bits per heavy atom. The molecule has 1 atom stereocenters. The highest BCUT2D eigenvalue weighted by molar-refractivity contribution is 7.82. The van der Waals surface area contributed by atoms with Gasteiger partial charge in [0.1, 0.15) is 11.0 Å². The summed E-state index contributed by atoms with van der Waals surface area (Å²) in [5.41, 5.74) is -0.0520. The van der Waals surface area contributed by atoms with E-state index in [2.05, 4.69) is 10.6 Å². The zero-order valence-electron chi connectivity index (χ0n) is 14.3. The molecule has 1 heterocycles. The first-order valence-corrected chi connectivity index (χ1v) is 9.46. The third-order valence-corrected chi connectivity index (χ3v) is 5.59. The lowest BCUT2D eigenvalue weighted by atomic mass is 10.2. The summed E-state index contributed by atoms with van der Waals surface area (Å²) in [7, 11) is -1.21. The van der Waals surface area contributed by atoms with Gasteiger partial charge in [-0.2, -0.15) is 13.2 Å². The number of carbonyl (C=O) groups is 1. The zero-order chi connectivity index (χ0) is 19.4. The number of alkyl halides is 3. The summed E-state index contributed by atoms with van der Waals surface area (Å²) in [5.74, 6) is 0. The van der Waals surface area contributed by atoms with Crippen molar-refractivity contribution in [3.8, 4) is 0 Å². The van der Waals surface area contributed by atoms with Crippen molar-refractivity contribution < 1.29 is 22.2 Å². The van der Waals surface area contributed by atoms with Crippen LogP contribution in [0.4, 0.5) is 29.3 Å². The van der Waals surface area contributed by atoms with Crippen molar-refractivity contribution in [1.82, 2.24) is 4.31 Å². The van der Waals surface area contributed by atoms with Gasteiger partial charge in [-0.1, -0.05) is 0 Å². The van der Waals surface area contributed by atoms with Gasteiger partial charge in [0, 0.05) is 24.5 Å². The summed E-state index contributed by atoms with van der Waals surface area (Å²) >= 11 is 0. The Morgan fingerprint density at radius 3 is 1.85 bits per heavy atom. The van der Waals surface area contributed by atoms with E-state index in [4.69, 9.17) is 0 Å². The number of rotatable bonds is 4. The molecule has 0 aliphatic carbocycles. The number of nitrogens with one attached hydrogen (secondary N) is 2. The monoisotopic (exact) mass is 397 g/mol. The van der Waals surface area contributed by atoms with Gasteiger partial charge in [-0.25, -0.2) is 13.3 Å². The molecule has 0 aromatic heterocycles. The molecule has 2 amide bonds. The van der Waals surface area contributed by atoms with Crippen LogP contribution in [-0.4, -0.2) is 27.6 Å². The average Bonchev–Trinajstić information content (AvgIpc) is 3.16. The van der Waals surface area contributed by atoms with Crippen molar-refractivity contribution in [2.45, 2.75) is 23.9 Å². The Kier molecular flexibility index (Phi) is 5.81. The largest absolute Gasteiger partial charge is 0.416 e. The Bertz CT molecular complexity index is 817. The van der Waals surface area contributed by atoms with Gasteiger partial charge in [0.05, 0.1) is 10.5 Å². The van der Waals surface area contributed by atoms with Crippen LogP contribution in [0.3, 0.4) is 0 Å². The van der Waals surface area contributed by atoms with Gasteiger partial charge in [-0.15, -0.1) is 0 Å². The van der Waals surface area contributed by atoms with E-state index >= 15 is 0 Å². The first-order chi connectivity index (χ1) is 12.8. The lowest BCUT2D eigenvalue weighted by Crippen LogP contribution is -2.22. The van der Waals surface area contributed by atoms with Crippen LogP contribution in [0.15, 0.2) is 53.4 Å². The fourth-order valence-electron chi connectivity index (χ4n) is 2.69. The van der Waals surface area contributed by atoms with E-state index in [0.717, 1.165) is 38.1 Å². The quantitative estimate of drug-likeness (QED) is 0.800. The van der Waals surface area contributed by atoms with Crippen LogP contribution in [0.25, 0.3) is 0 Å². The Balaban J connectivity index is 1.57. The van der Waals surface area contributed by atoms with Crippen LogP contribution in [0.5, 0.6) is 0 Å². The first-order valence-electron chi connectivity index (χ1n) is 8.35. The van der Waals surface area contributed by atoms with E-state index in [1.54, 1.807) is 24.3 Å². The predicted octanol–water partition coefficient (Wildman–Crippen LogP) is 4.47. The molecule has 1 fully saturated rings. The van der Waals surface area contributed by atoms with Crippen LogP contribution in [-0.2, 0) is 17.2 Å². The van der Waals surface area contributed by atoms with Crippen molar-refractivity contribution in [2.24, 2.45) is 0 Å². The minimum absolute atomic E-state index is 0.243. The molecular formula is C18H18F3N3O2S. The molecule has 1 unspecified atom stereocenters. The topological polar surface area (TPSA) is 61.4 Å². The average molecular weight is 397 g/mol. The highest BCUT2D eigenvalue weighted by Gasteiger charge is 2.30. The maximum Gasteiger partial charge on any atom is 0.416 e. The smallest absolute Gasteiger partial charge is 0.308 e. The Morgan fingerprint density at radius 2 is 1.37 bits per heavy atom. The molecule has 2 aromatic rings. The van der Waals surface area contributed by atoms with E-state index in [1.165, 1.54) is 12.1 Å². The summed E-state index contributed by atoms with van der Waals surface area (Å²) < 4.78 is 51.9. The fraction of sp³-hybridized carbons (Fsp3) is 0.278. The van der Waals surface area contributed by atoms with Crippen LogP contribution < -0.4 is 10.6 Å². The van der Waals surface area contributed by atoms with Gasteiger partial charge in [0.2, 0.25) is 0 Å². The molecule has 2 N–H and O–H groups in total. The van der Waals surface area contributed by atoms with Crippen molar-refractivity contribution in [3.63, 3.8) is 0 Å². The van der Waals surface area contributed by atoms with Gasteiger partial charge in [-0.05, 0) is 61.4 Å². The second kappa shape index (κ2) is 8.10. The molecule has 5 nitrogen and oxygen atoms in total. The second-order valence-electron chi connectivity index (χ2n) is 6.06. The maximum absolute atomic E-state index is 12.5. The molecule has 0 radical (unpaired) electrons. The molecule has 3 rings (SSSR count). The van der Waals surface area contributed by atoms with Gasteiger partial charge >= 0.3 is 12.2 Å². The molecule has 2 aromatic carbocycles. The zero-order valence-corrected chi connectivity index (χ0v) is 15.1. The van der Waals surface area contributed by atoms with Crippen LogP contribution >= 0.6 is 0 Å². The van der Waals surface area contributed by atoms with Crippen molar-refractivity contribution in [3.05, 3.63) is 54.1 Å². The van der Waals surface area contributed by atoms with Gasteiger partial charge < -0.3 is 10.6 Å². The van der Waals surface area contributed by atoms with Crippen LogP contribution in [0.2, 0.25) is 0 Å². The first kappa shape index (κ1) is 19.4. The summed E-state index contributed by atoms with van der Waals surface area (Å²) in [6, 6.07) is 10.2. The highest BCUT2D eigenvalue weighted by Crippen LogP contribution is 2.29. The van der Waals surface area contributed by atoms with E-state index in [0.29, 0.717) is 10.6 Å². The lowest BCUT2D eigenvalue weighted by molar-refractivity contribution is -0.137. The molecule has 144 valence electrons. The SMILES string of the molecule is O=C(Nc1ccc(S(=O)N2CCCC2)cc1)Nc1ccc(C(F)(F)F)cc1. The normalized spacial score (nSPS) is 16.1.